The Morgan fingerprint density at radius 3 is 2.56 bits per heavy atom. The van der Waals surface area contributed by atoms with E-state index in [1.807, 2.05) is 14.0 Å². The van der Waals surface area contributed by atoms with Crippen LogP contribution < -0.4 is 10.6 Å². The van der Waals surface area contributed by atoms with Gasteiger partial charge < -0.3 is 15.7 Å². The summed E-state index contributed by atoms with van der Waals surface area (Å²) < 4.78 is 0. The Balaban J connectivity index is 2.16. The molecule has 0 aliphatic heterocycles. The van der Waals surface area contributed by atoms with Crippen LogP contribution in [0.2, 0.25) is 0 Å². The standard InChI is InChI=1S/C12H24N2O2/c1-9(7-13-2)12(16)14-8-10-3-5-11(15)6-4-10/h9-11,13,15H,3-8H2,1-2H3,(H,14,16). The van der Waals surface area contributed by atoms with Crippen molar-refractivity contribution in [3.63, 3.8) is 0 Å². The zero-order valence-electron chi connectivity index (χ0n) is 10.3. The number of rotatable bonds is 5. The second-order valence-electron chi connectivity index (χ2n) is 4.88. The molecule has 1 atom stereocenters. The van der Waals surface area contributed by atoms with Gasteiger partial charge in [0.15, 0.2) is 0 Å². The van der Waals surface area contributed by atoms with Crippen LogP contribution in [0.15, 0.2) is 0 Å². The molecule has 0 aromatic heterocycles. The number of carbonyl (C=O) groups is 1. The van der Waals surface area contributed by atoms with Gasteiger partial charge in [0.1, 0.15) is 0 Å². The second kappa shape index (κ2) is 6.86. The molecule has 0 heterocycles. The highest BCUT2D eigenvalue weighted by molar-refractivity contribution is 5.78. The van der Waals surface area contributed by atoms with E-state index < -0.39 is 0 Å². The zero-order chi connectivity index (χ0) is 12.0. The van der Waals surface area contributed by atoms with E-state index in [4.69, 9.17) is 0 Å². The van der Waals surface area contributed by atoms with Gasteiger partial charge in [-0.1, -0.05) is 6.92 Å². The van der Waals surface area contributed by atoms with Crippen LogP contribution in [0.25, 0.3) is 0 Å². The van der Waals surface area contributed by atoms with Crippen molar-refractivity contribution in [2.45, 2.75) is 38.7 Å². The summed E-state index contributed by atoms with van der Waals surface area (Å²) in [7, 11) is 1.85. The number of nitrogens with one attached hydrogen (secondary N) is 2. The van der Waals surface area contributed by atoms with Gasteiger partial charge in [0, 0.05) is 19.0 Å². The molecule has 1 aliphatic rings. The lowest BCUT2D eigenvalue weighted by Crippen LogP contribution is -2.38. The van der Waals surface area contributed by atoms with Gasteiger partial charge in [-0.15, -0.1) is 0 Å². The van der Waals surface area contributed by atoms with E-state index in [2.05, 4.69) is 10.6 Å². The van der Waals surface area contributed by atoms with Crippen molar-refractivity contribution in [2.24, 2.45) is 11.8 Å². The summed E-state index contributed by atoms with van der Waals surface area (Å²) in [4.78, 5) is 11.6. The molecule has 0 aromatic rings. The lowest BCUT2D eigenvalue weighted by Gasteiger charge is -2.25. The molecule has 0 aromatic carbocycles. The lowest BCUT2D eigenvalue weighted by atomic mass is 9.87. The minimum atomic E-state index is -0.116. The van der Waals surface area contributed by atoms with E-state index in [-0.39, 0.29) is 17.9 Å². The first-order valence-electron chi connectivity index (χ1n) is 6.23. The molecule has 0 radical (unpaired) electrons. The van der Waals surface area contributed by atoms with E-state index in [0.29, 0.717) is 5.92 Å². The molecule has 0 spiro atoms. The maximum Gasteiger partial charge on any atom is 0.224 e. The third kappa shape index (κ3) is 4.49. The summed E-state index contributed by atoms with van der Waals surface area (Å²) >= 11 is 0. The largest absolute Gasteiger partial charge is 0.393 e. The van der Waals surface area contributed by atoms with Gasteiger partial charge in [-0.3, -0.25) is 4.79 Å². The zero-order valence-corrected chi connectivity index (χ0v) is 10.3. The Labute approximate surface area is 97.8 Å². The molecular weight excluding hydrogens is 204 g/mol. The predicted octanol–water partition coefficient (Wildman–Crippen LogP) is 0.509. The molecule has 1 unspecified atom stereocenters. The fourth-order valence-electron chi connectivity index (χ4n) is 2.17. The summed E-state index contributed by atoms with van der Waals surface area (Å²) in [5.41, 5.74) is 0. The molecular formula is C12H24N2O2. The van der Waals surface area contributed by atoms with E-state index in [1.54, 1.807) is 0 Å². The fourth-order valence-corrected chi connectivity index (χ4v) is 2.17. The van der Waals surface area contributed by atoms with Crippen molar-refractivity contribution < 1.29 is 9.90 Å². The highest BCUT2D eigenvalue weighted by atomic mass is 16.3. The number of hydrogen-bond donors (Lipinski definition) is 3. The summed E-state index contributed by atoms with van der Waals surface area (Å²) in [6, 6.07) is 0. The highest BCUT2D eigenvalue weighted by Gasteiger charge is 2.20. The SMILES string of the molecule is CNCC(C)C(=O)NCC1CCC(O)CC1. The van der Waals surface area contributed by atoms with Crippen molar-refractivity contribution in [2.75, 3.05) is 20.1 Å². The third-order valence-corrected chi connectivity index (χ3v) is 3.34. The number of aliphatic hydroxyl groups excluding tert-OH is 1. The maximum atomic E-state index is 11.6. The second-order valence-corrected chi connectivity index (χ2v) is 4.88. The van der Waals surface area contributed by atoms with Crippen LogP contribution in [0.1, 0.15) is 32.6 Å². The van der Waals surface area contributed by atoms with Gasteiger partial charge in [-0.25, -0.2) is 0 Å². The molecule has 1 rings (SSSR count). The molecule has 16 heavy (non-hydrogen) atoms. The third-order valence-electron chi connectivity index (χ3n) is 3.34. The van der Waals surface area contributed by atoms with Gasteiger partial charge >= 0.3 is 0 Å². The maximum absolute atomic E-state index is 11.6. The summed E-state index contributed by atoms with van der Waals surface area (Å²) in [5, 5.41) is 15.4. The quantitative estimate of drug-likeness (QED) is 0.642. The molecule has 0 saturated heterocycles. The number of aliphatic hydroxyl groups is 1. The number of hydrogen-bond acceptors (Lipinski definition) is 3. The van der Waals surface area contributed by atoms with Crippen LogP contribution >= 0.6 is 0 Å². The van der Waals surface area contributed by atoms with E-state index >= 15 is 0 Å². The minimum absolute atomic E-state index is 0.0270. The molecule has 1 saturated carbocycles. The molecule has 4 heteroatoms. The summed E-state index contributed by atoms with van der Waals surface area (Å²) in [5.74, 6) is 0.703. The Bertz CT molecular complexity index is 213. The average Bonchev–Trinajstić information content (AvgIpc) is 2.28. The molecule has 1 fully saturated rings. The fraction of sp³-hybridized carbons (Fsp3) is 0.917. The summed E-state index contributed by atoms with van der Waals surface area (Å²) in [6.07, 6.45) is 3.71. The van der Waals surface area contributed by atoms with Gasteiger partial charge in [-0.05, 0) is 38.6 Å². The van der Waals surface area contributed by atoms with E-state index in [0.717, 1.165) is 38.8 Å². The van der Waals surface area contributed by atoms with Gasteiger partial charge in [0.05, 0.1) is 6.10 Å². The first kappa shape index (κ1) is 13.5. The molecule has 3 N–H and O–H groups in total. The van der Waals surface area contributed by atoms with Crippen LogP contribution in [-0.4, -0.2) is 37.3 Å². The minimum Gasteiger partial charge on any atom is -0.393 e. The van der Waals surface area contributed by atoms with Gasteiger partial charge in [0.25, 0.3) is 0 Å². The van der Waals surface area contributed by atoms with E-state index in [1.165, 1.54) is 0 Å². The van der Waals surface area contributed by atoms with Crippen LogP contribution in [0, 0.1) is 11.8 Å². The summed E-state index contributed by atoms with van der Waals surface area (Å²) in [6.45, 7) is 3.41. The highest BCUT2D eigenvalue weighted by Crippen LogP contribution is 2.23. The van der Waals surface area contributed by atoms with Crippen LogP contribution in [-0.2, 0) is 4.79 Å². The topological polar surface area (TPSA) is 61.4 Å². The van der Waals surface area contributed by atoms with Crippen molar-refractivity contribution in [3.05, 3.63) is 0 Å². The Hall–Kier alpha value is -0.610. The molecule has 1 aliphatic carbocycles. The molecule has 4 nitrogen and oxygen atoms in total. The molecule has 94 valence electrons. The van der Waals surface area contributed by atoms with Crippen molar-refractivity contribution in [1.29, 1.82) is 0 Å². The van der Waals surface area contributed by atoms with Crippen molar-refractivity contribution in [3.8, 4) is 0 Å². The van der Waals surface area contributed by atoms with Crippen LogP contribution in [0.5, 0.6) is 0 Å². The monoisotopic (exact) mass is 228 g/mol. The average molecular weight is 228 g/mol. The van der Waals surface area contributed by atoms with E-state index in [9.17, 15) is 9.90 Å². The van der Waals surface area contributed by atoms with Crippen molar-refractivity contribution >= 4 is 5.91 Å². The number of carbonyl (C=O) groups excluding carboxylic acids is 1. The van der Waals surface area contributed by atoms with Crippen LogP contribution in [0.4, 0.5) is 0 Å². The lowest BCUT2D eigenvalue weighted by molar-refractivity contribution is -0.124. The smallest absolute Gasteiger partial charge is 0.224 e. The Morgan fingerprint density at radius 1 is 1.38 bits per heavy atom. The molecule has 0 bridgehead atoms. The first-order chi connectivity index (χ1) is 7.63. The van der Waals surface area contributed by atoms with Gasteiger partial charge in [0.2, 0.25) is 5.91 Å². The molecule has 1 amide bonds. The van der Waals surface area contributed by atoms with Crippen molar-refractivity contribution in [1.82, 2.24) is 10.6 Å². The first-order valence-corrected chi connectivity index (χ1v) is 6.23. The number of amides is 1. The Kier molecular flexibility index (Phi) is 5.77. The van der Waals surface area contributed by atoms with Crippen LogP contribution in [0.3, 0.4) is 0 Å². The normalized spacial score (nSPS) is 27.4. The predicted molar refractivity (Wildman–Crippen MR) is 64.1 cm³/mol. The Morgan fingerprint density at radius 2 is 2.00 bits per heavy atom. The van der Waals surface area contributed by atoms with Gasteiger partial charge in [-0.2, -0.15) is 0 Å².